The fourth-order valence-electron chi connectivity index (χ4n) is 1.93. The van der Waals surface area contributed by atoms with Gasteiger partial charge in [-0.25, -0.2) is 0 Å². The molecule has 0 aromatic heterocycles. The molecule has 0 aromatic carbocycles. The molecule has 0 radical (unpaired) electrons. The summed E-state index contributed by atoms with van der Waals surface area (Å²) in [6.45, 7) is 6.39. The van der Waals surface area contributed by atoms with Crippen molar-refractivity contribution in [2.45, 2.75) is 45.6 Å². The molecule has 0 aromatic rings. The number of ether oxygens (including phenoxy) is 2. The smallest absolute Gasteiger partial charge is 0.297 e. The molecule has 1 unspecified atom stereocenters. The van der Waals surface area contributed by atoms with Gasteiger partial charge in [-0.1, -0.05) is 13.3 Å². The summed E-state index contributed by atoms with van der Waals surface area (Å²) in [5, 5.41) is 6.06. The Hall–Kier alpha value is -0.890. The third-order valence-electron chi connectivity index (χ3n) is 3.18. The van der Waals surface area contributed by atoms with E-state index in [2.05, 4.69) is 10.6 Å². The van der Waals surface area contributed by atoms with Gasteiger partial charge in [0, 0.05) is 22.8 Å². The van der Waals surface area contributed by atoms with E-state index in [4.69, 9.17) is 9.47 Å². The highest BCUT2D eigenvalue weighted by Crippen LogP contribution is 2.00. The Labute approximate surface area is 133 Å². The number of carbonyl (C=O) groups excluding carboxylic acids is 1. The summed E-state index contributed by atoms with van der Waals surface area (Å²) in [6.07, 6.45) is 3.70. The van der Waals surface area contributed by atoms with E-state index in [-0.39, 0.29) is 25.2 Å². The summed E-state index contributed by atoms with van der Waals surface area (Å²) in [6, 6.07) is -0.0562. The van der Waals surface area contributed by atoms with E-state index in [1.807, 2.05) is 6.92 Å². The molecule has 0 heterocycles. The van der Waals surface area contributed by atoms with Gasteiger partial charge in [0.1, 0.15) is 5.78 Å². The van der Waals surface area contributed by atoms with E-state index < -0.39 is 0 Å². The van der Waals surface area contributed by atoms with Gasteiger partial charge in [-0.15, -0.1) is 0 Å². The molecule has 7 heteroatoms. The van der Waals surface area contributed by atoms with Crippen LogP contribution >= 0.6 is 0 Å². The lowest BCUT2D eigenvalue weighted by Gasteiger charge is -2.11. The van der Waals surface area contributed by atoms with Crippen LogP contribution in [0.25, 0.3) is 0 Å². The van der Waals surface area contributed by atoms with Crippen LogP contribution in [0.3, 0.4) is 0 Å². The van der Waals surface area contributed by atoms with Crippen LogP contribution in [0.1, 0.15) is 39.5 Å². The standard InChI is InChI=1S/C15H32N3O4/c1-4-9-21-10-11-22-13-18(20)12-17-8-6-5-7-15(16-3)14(2)19/h15-17H,4-13H2,1-3H3/q+1. The van der Waals surface area contributed by atoms with Crippen molar-refractivity contribution in [2.75, 3.05) is 46.8 Å². The average Bonchev–Trinajstić information content (AvgIpc) is 2.49. The van der Waals surface area contributed by atoms with E-state index in [0.717, 1.165) is 43.6 Å². The minimum atomic E-state index is -0.0562. The molecule has 7 nitrogen and oxygen atoms in total. The zero-order valence-corrected chi connectivity index (χ0v) is 14.2. The highest BCUT2D eigenvalue weighted by atomic mass is 16.5. The minimum Gasteiger partial charge on any atom is -0.379 e. The van der Waals surface area contributed by atoms with Gasteiger partial charge in [0.05, 0.1) is 19.3 Å². The van der Waals surface area contributed by atoms with Crippen molar-refractivity contribution in [1.29, 1.82) is 0 Å². The van der Waals surface area contributed by atoms with Crippen LogP contribution in [0.2, 0.25) is 0 Å². The molecule has 0 aliphatic heterocycles. The Morgan fingerprint density at radius 3 is 2.55 bits per heavy atom. The summed E-state index contributed by atoms with van der Waals surface area (Å²) in [4.78, 5) is 22.7. The number of likely N-dealkylation sites (N-methyl/N-ethyl adjacent to an activating group) is 1. The molecular formula is C15H32N3O4+. The summed E-state index contributed by atoms with van der Waals surface area (Å²) in [5.74, 6) is 0.168. The van der Waals surface area contributed by atoms with Crippen LogP contribution in [0.4, 0.5) is 0 Å². The van der Waals surface area contributed by atoms with Crippen LogP contribution in [-0.2, 0) is 14.3 Å². The second-order valence-electron chi connectivity index (χ2n) is 5.24. The number of carbonyl (C=O) groups is 1. The summed E-state index contributed by atoms with van der Waals surface area (Å²) in [5.41, 5.74) is 0. The molecule has 0 aliphatic carbocycles. The van der Waals surface area contributed by atoms with Crippen LogP contribution in [0.15, 0.2) is 0 Å². The number of ketones is 1. The lowest BCUT2D eigenvalue weighted by molar-refractivity contribution is -0.591. The van der Waals surface area contributed by atoms with Crippen LogP contribution in [-0.4, -0.2) is 63.4 Å². The second-order valence-corrected chi connectivity index (χ2v) is 5.24. The average molecular weight is 318 g/mol. The van der Waals surface area contributed by atoms with E-state index in [1.165, 1.54) is 0 Å². The molecule has 0 amide bonds. The van der Waals surface area contributed by atoms with Gasteiger partial charge in [-0.2, -0.15) is 0 Å². The van der Waals surface area contributed by atoms with Crippen LogP contribution in [0.5, 0.6) is 0 Å². The van der Waals surface area contributed by atoms with E-state index >= 15 is 0 Å². The fraction of sp³-hybridized carbons (Fsp3) is 0.933. The molecule has 0 rings (SSSR count). The molecule has 0 saturated carbocycles. The van der Waals surface area contributed by atoms with Gasteiger partial charge in [0.2, 0.25) is 6.67 Å². The van der Waals surface area contributed by atoms with Gasteiger partial charge < -0.3 is 14.8 Å². The summed E-state index contributed by atoms with van der Waals surface area (Å²) in [7, 11) is 1.80. The van der Waals surface area contributed by atoms with Crippen LogP contribution < -0.4 is 10.6 Å². The minimum absolute atomic E-state index is 0.0502. The van der Waals surface area contributed by atoms with Crippen molar-refractivity contribution in [2.24, 2.45) is 0 Å². The number of Topliss-reactive ketones (excluding diaryl/α,β-unsaturated/α-hetero) is 1. The Kier molecular flexibility index (Phi) is 14.4. The predicted octanol–water partition coefficient (Wildman–Crippen LogP) is 1.06. The third kappa shape index (κ3) is 12.8. The molecule has 0 bridgehead atoms. The molecule has 0 spiro atoms. The quantitative estimate of drug-likeness (QED) is 0.252. The maximum Gasteiger partial charge on any atom is 0.297 e. The highest BCUT2D eigenvalue weighted by molar-refractivity contribution is 5.81. The maximum atomic E-state index is 11.4. The fourth-order valence-corrected chi connectivity index (χ4v) is 1.93. The molecule has 0 saturated heterocycles. The SMILES string of the molecule is CCCOCCOC[N+](=O)CNCCCCC(NC)C(C)=O. The molecule has 2 N–H and O–H groups in total. The monoisotopic (exact) mass is 318 g/mol. The van der Waals surface area contributed by atoms with Gasteiger partial charge in [0.25, 0.3) is 6.73 Å². The Bertz CT molecular complexity index is 301. The van der Waals surface area contributed by atoms with Crippen molar-refractivity contribution < 1.29 is 19.0 Å². The van der Waals surface area contributed by atoms with E-state index in [1.54, 1.807) is 14.0 Å². The zero-order chi connectivity index (χ0) is 16.6. The van der Waals surface area contributed by atoms with Gasteiger partial charge in [-0.3, -0.25) is 10.1 Å². The topological polar surface area (TPSA) is 79.7 Å². The Morgan fingerprint density at radius 2 is 1.91 bits per heavy atom. The van der Waals surface area contributed by atoms with Crippen molar-refractivity contribution in [1.82, 2.24) is 10.6 Å². The normalized spacial score (nSPS) is 12.3. The first-order chi connectivity index (χ1) is 10.6. The first-order valence-corrected chi connectivity index (χ1v) is 8.07. The number of nitrogens with zero attached hydrogens (tertiary/aromatic N) is 1. The third-order valence-corrected chi connectivity index (χ3v) is 3.18. The lowest BCUT2D eigenvalue weighted by Crippen LogP contribution is -2.32. The van der Waals surface area contributed by atoms with Gasteiger partial charge in [0.15, 0.2) is 0 Å². The molecule has 0 aliphatic rings. The summed E-state index contributed by atoms with van der Waals surface area (Å²) >= 11 is 0. The van der Waals surface area contributed by atoms with E-state index in [0.29, 0.717) is 13.2 Å². The van der Waals surface area contributed by atoms with Crippen molar-refractivity contribution in [3.05, 3.63) is 4.91 Å². The van der Waals surface area contributed by atoms with E-state index in [9.17, 15) is 9.70 Å². The van der Waals surface area contributed by atoms with Gasteiger partial charge >= 0.3 is 0 Å². The Morgan fingerprint density at radius 1 is 1.18 bits per heavy atom. The molecular weight excluding hydrogens is 286 g/mol. The molecule has 1 atom stereocenters. The number of unbranched alkanes of at least 4 members (excludes halogenated alkanes) is 1. The predicted molar refractivity (Wildman–Crippen MR) is 85.8 cm³/mol. The Balaban J connectivity index is 3.36. The zero-order valence-electron chi connectivity index (χ0n) is 14.2. The number of nitrogens with one attached hydrogen (secondary N) is 2. The second kappa shape index (κ2) is 15.0. The molecule has 22 heavy (non-hydrogen) atoms. The lowest BCUT2D eigenvalue weighted by atomic mass is 10.1. The molecule has 130 valence electrons. The molecule has 0 fully saturated rings. The number of hydrogen-bond donors (Lipinski definition) is 2. The van der Waals surface area contributed by atoms with Crippen molar-refractivity contribution in [3.63, 3.8) is 0 Å². The van der Waals surface area contributed by atoms with Crippen LogP contribution in [0, 0.1) is 4.91 Å². The van der Waals surface area contributed by atoms with Gasteiger partial charge in [-0.05, 0) is 33.2 Å². The number of rotatable bonds is 16. The number of hydrogen-bond acceptors (Lipinski definition) is 6. The summed E-state index contributed by atoms with van der Waals surface area (Å²) < 4.78 is 11.3. The first-order valence-electron chi connectivity index (χ1n) is 8.07. The van der Waals surface area contributed by atoms with Crippen molar-refractivity contribution >= 4 is 5.78 Å². The van der Waals surface area contributed by atoms with Crippen molar-refractivity contribution in [3.8, 4) is 0 Å². The largest absolute Gasteiger partial charge is 0.379 e. The number of nitroso groups, excluding NO2 is 1. The first kappa shape index (κ1) is 21.1. The highest BCUT2D eigenvalue weighted by Gasteiger charge is 2.10. The maximum absolute atomic E-state index is 11.4.